The van der Waals surface area contributed by atoms with Gasteiger partial charge in [-0.15, -0.1) is 0 Å². The van der Waals surface area contributed by atoms with Crippen LogP contribution in [-0.2, 0) is 14.8 Å². The lowest BCUT2D eigenvalue weighted by Gasteiger charge is -2.37. The van der Waals surface area contributed by atoms with E-state index in [1.54, 1.807) is 25.7 Å². The van der Waals surface area contributed by atoms with E-state index >= 15 is 0 Å². The second kappa shape index (κ2) is 7.53. The van der Waals surface area contributed by atoms with Crippen molar-refractivity contribution in [3.8, 4) is 0 Å². The molecule has 2 rings (SSSR count). The summed E-state index contributed by atoms with van der Waals surface area (Å²) in [7, 11) is -3.61. The molecule has 25 heavy (non-hydrogen) atoms. The van der Waals surface area contributed by atoms with Gasteiger partial charge in [0.2, 0.25) is 10.0 Å². The van der Waals surface area contributed by atoms with E-state index in [4.69, 9.17) is 0 Å². The van der Waals surface area contributed by atoms with Gasteiger partial charge in [-0.05, 0) is 57.9 Å². The number of rotatable bonds is 5. The molecular weight excluding hydrogens is 344 g/mol. The molecule has 1 fully saturated rings. The summed E-state index contributed by atoms with van der Waals surface area (Å²) in [6.45, 7) is 5.69. The molecule has 0 aliphatic carbocycles. The van der Waals surface area contributed by atoms with Crippen molar-refractivity contribution in [3.63, 3.8) is 0 Å². The van der Waals surface area contributed by atoms with Crippen LogP contribution in [0.25, 0.3) is 0 Å². The number of hydrogen-bond acceptors (Lipinski definition) is 4. The predicted molar refractivity (Wildman–Crippen MR) is 92.8 cm³/mol. The molecule has 0 aromatic heterocycles. The Morgan fingerprint density at radius 3 is 2.36 bits per heavy atom. The van der Waals surface area contributed by atoms with E-state index in [1.165, 1.54) is 24.3 Å². The van der Waals surface area contributed by atoms with Crippen LogP contribution >= 0.6 is 0 Å². The molecule has 1 aliphatic rings. The van der Waals surface area contributed by atoms with E-state index in [-0.39, 0.29) is 16.8 Å². The maximum absolute atomic E-state index is 12.7. The van der Waals surface area contributed by atoms with Crippen LogP contribution in [0.5, 0.6) is 0 Å². The Morgan fingerprint density at radius 1 is 1.24 bits per heavy atom. The smallest absolute Gasteiger partial charge is 0.308 e. The normalized spacial score (nSPS) is 21.4. The van der Waals surface area contributed by atoms with Gasteiger partial charge in [-0.3, -0.25) is 9.59 Å². The third kappa shape index (κ3) is 4.38. The number of carboxylic acid groups (broad SMARTS) is 1. The number of piperidine rings is 1. The molecule has 1 aromatic rings. The lowest BCUT2D eigenvalue weighted by molar-refractivity contribution is -0.144. The first-order valence-electron chi connectivity index (χ1n) is 8.29. The van der Waals surface area contributed by atoms with Gasteiger partial charge < -0.3 is 10.0 Å². The highest BCUT2D eigenvalue weighted by atomic mass is 32.2. The van der Waals surface area contributed by atoms with Gasteiger partial charge in [0, 0.05) is 24.2 Å². The van der Waals surface area contributed by atoms with Crippen LogP contribution in [0.2, 0.25) is 0 Å². The quantitative estimate of drug-likeness (QED) is 0.823. The van der Waals surface area contributed by atoms with E-state index in [9.17, 15) is 23.1 Å². The molecule has 0 spiro atoms. The van der Waals surface area contributed by atoms with Crippen molar-refractivity contribution in [2.24, 2.45) is 5.92 Å². The van der Waals surface area contributed by atoms with Crippen LogP contribution in [0, 0.1) is 5.92 Å². The van der Waals surface area contributed by atoms with Gasteiger partial charge in [-0.2, -0.15) is 0 Å². The van der Waals surface area contributed by atoms with Gasteiger partial charge in [-0.25, -0.2) is 13.1 Å². The van der Waals surface area contributed by atoms with Gasteiger partial charge in [0.25, 0.3) is 5.91 Å². The Morgan fingerprint density at radius 2 is 1.84 bits per heavy atom. The third-order valence-corrected chi connectivity index (χ3v) is 6.04. The van der Waals surface area contributed by atoms with Crippen molar-refractivity contribution in [2.75, 3.05) is 6.54 Å². The number of carboxylic acids is 1. The molecule has 1 saturated heterocycles. The second-order valence-corrected chi connectivity index (χ2v) is 8.34. The largest absolute Gasteiger partial charge is 0.481 e. The number of aliphatic carboxylic acids is 1. The molecule has 0 radical (unpaired) electrons. The molecule has 0 unspecified atom stereocenters. The first-order valence-corrected chi connectivity index (χ1v) is 9.78. The summed E-state index contributed by atoms with van der Waals surface area (Å²) in [6.07, 6.45) is 1.19. The van der Waals surface area contributed by atoms with Crippen molar-refractivity contribution in [1.29, 1.82) is 0 Å². The van der Waals surface area contributed by atoms with Crippen LogP contribution < -0.4 is 4.72 Å². The first-order chi connectivity index (χ1) is 11.6. The number of likely N-dealkylation sites (tertiary alicyclic amines) is 1. The molecule has 0 saturated carbocycles. The minimum absolute atomic E-state index is 0.0906. The van der Waals surface area contributed by atoms with Crippen molar-refractivity contribution >= 4 is 21.9 Å². The minimum Gasteiger partial charge on any atom is -0.481 e. The van der Waals surface area contributed by atoms with Crippen LogP contribution in [0.3, 0.4) is 0 Å². The molecule has 2 N–H and O–H groups in total. The van der Waals surface area contributed by atoms with Gasteiger partial charge in [0.1, 0.15) is 0 Å². The number of carbonyl (C=O) groups is 2. The van der Waals surface area contributed by atoms with Crippen LogP contribution in [0.1, 0.15) is 44.0 Å². The first kappa shape index (κ1) is 19.4. The molecule has 8 heteroatoms. The van der Waals surface area contributed by atoms with Gasteiger partial charge in [0.15, 0.2) is 0 Å². The molecular formula is C17H24N2O5S. The van der Waals surface area contributed by atoms with Gasteiger partial charge in [-0.1, -0.05) is 0 Å². The Bertz CT molecular complexity index is 743. The molecule has 0 bridgehead atoms. The molecule has 1 aromatic carbocycles. The number of benzene rings is 1. The number of amides is 1. The van der Waals surface area contributed by atoms with E-state index in [0.29, 0.717) is 24.9 Å². The molecule has 1 heterocycles. The van der Waals surface area contributed by atoms with E-state index in [1.807, 2.05) is 0 Å². The average molecular weight is 368 g/mol. The van der Waals surface area contributed by atoms with E-state index in [2.05, 4.69) is 4.72 Å². The standard InChI is InChI=1S/C17H24N2O5S/c1-11(2)18-25(23,24)14-8-6-13(7-9-14)16(20)19-10-4-5-15(12(19)3)17(21)22/h6-9,11-12,15,18H,4-5,10H2,1-3H3,(H,21,22)/t12-,15-/m0/s1. The van der Waals surface area contributed by atoms with Gasteiger partial charge >= 0.3 is 5.97 Å². The fraction of sp³-hybridized carbons (Fsp3) is 0.529. The molecule has 2 atom stereocenters. The summed E-state index contributed by atoms with van der Waals surface area (Å²) in [5, 5.41) is 9.27. The summed E-state index contributed by atoms with van der Waals surface area (Å²) in [6, 6.07) is 5.09. The summed E-state index contributed by atoms with van der Waals surface area (Å²) < 4.78 is 26.7. The lowest BCUT2D eigenvalue weighted by atomic mass is 9.90. The second-order valence-electron chi connectivity index (χ2n) is 6.63. The highest BCUT2D eigenvalue weighted by Crippen LogP contribution is 2.25. The van der Waals surface area contributed by atoms with Crippen molar-refractivity contribution in [2.45, 2.75) is 50.6 Å². The lowest BCUT2D eigenvalue weighted by Crippen LogP contribution is -2.49. The van der Waals surface area contributed by atoms with E-state index < -0.39 is 28.0 Å². The zero-order chi connectivity index (χ0) is 18.8. The maximum Gasteiger partial charge on any atom is 0.308 e. The van der Waals surface area contributed by atoms with Gasteiger partial charge in [0.05, 0.1) is 10.8 Å². The number of sulfonamides is 1. The minimum atomic E-state index is -3.61. The molecule has 7 nitrogen and oxygen atoms in total. The third-order valence-electron chi connectivity index (χ3n) is 4.37. The average Bonchev–Trinajstić information content (AvgIpc) is 2.53. The Balaban J connectivity index is 2.19. The highest BCUT2D eigenvalue weighted by Gasteiger charge is 2.35. The fourth-order valence-corrected chi connectivity index (χ4v) is 4.33. The van der Waals surface area contributed by atoms with Crippen LogP contribution in [0.15, 0.2) is 29.2 Å². The highest BCUT2D eigenvalue weighted by molar-refractivity contribution is 7.89. The Labute approximate surface area is 148 Å². The van der Waals surface area contributed by atoms with Crippen molar-refractivity contribution in [1.82, 2.24) is 9.62 Å². The van der Waals surface area contributed by atoms with Crippen LogP contribution in [-0.4, -0.2) is 48.9 Å². The number of nitrogens with zero attached hydrogens (tertiary/aromatic N) is 1. The van der Waals surface area contributed by atoms with Crippen molar-refractivity contribution < 1.29 is 23.1 Å². The zero-order valence-electron chi connectivity index (χ0n) is 14.6. The summed E-state index contributed by atoms with van der Waals surface area (Å²) in [4.78, 5) is 25.6. The van der Waals surface area contributed by atoms with E-state index in [0.717, 1.165) is 0 Å². The number of carbonyl (C=O) groups excluding carboxylic acids is 1. The predicted octanol–water partition coefficient (Wildman–Crippen LogP) is 1.70. The summed E-state index contributed by atoms with van der Waals surface area (Å²) in [5.41, 5.74) is 0.349. The number of nitrogens with one attached hydrogen (secondary N) is 1. The molecule has 1 amide bonds. The van der Waals surface area contributed by atoms with Crippen molar-refractivity contribution in [3.05, 3.63) is 29.8 Å². The monoisotopic (exact) mass is 368 g/mol. The number of hydrogen-bond donors (Lipinski definition) is 2. The SMILES string of the molecule is CC(C)NS(=O)(=O)c1ccc(C(=O)N2CCC[C@H](C(=O)O)[C@@H]2C)cc1. The summed E-state index contributed by atoms with van der Waals surface area (Å²) >= 11 is 0. The topological polar surface area (TPSA) is 104 Å². The molecule has 1 aliphatic heterocycles. The maximum atomic E-state index is 12.7. The van der Waals surface area contributed by atoms with Crippen LogP contribution in [0.4, 0.5) is 0 Å². The summed E-state index contributed by atoms with van der Waals surface area (Å²) in [5.74, 6) is -1.75. The Hall–Kier alpha value is -1.93. The fourth-order valence-electron chi connectivity index (χ4n) is 3.08. The Kier molecular flexibility index (Phi) is 5.84. The molecule has 138 valence electrons. The zero-order valence-corrected chi connectivity index (χ0v) is 15.4.